The highest BCUT2D eigenvalue weighted by Gasteiger charge is 2.10. The van der Waals surface area contributed by atoms with Crippen LogP contribution in [0.4, 0.5) is 17.1 Å². The van der Waals surface area contributed by atoms with Crippen molar-refractivity contribution < 1.29 is 10.0 Å². The summed E-state index contributed by atoms with van der Waals surface area (Å²) in [5.74, 6) is 0. The number of nitro groups is 1. The van der Waals surface area contributed by atoms with E-state index in [2.05, 4.69) is 22.9 Å². The molecule has 92 valence electrons. The minimum atomic E-state index is -0.513. The summed E-state index contributed by atoms with van der Waals surface area (Å²) in [5.41, 5.74) is 6.23. The molecule has 0 spiro atoms. The molecule has 0 bridgehead atoms. The van der Waals surface area contributed by atoms with Crippen LogP contribution in [0.2, 0.25) is 0 Å². The fourth-order valence-corrected chi connectivity index (χ4v) is 1.34. The standard InChI is InChI=1S/C9H12N4O3S/c10-9(17)12-8-5-6(13(15)16)1-2-7(8)11-3-4-14/h1-2,5,11,14H,3-4H2,(H3,10,12,17). The molecule has 0 heterocycles. The van der Waals surface area contributed by atoms with Crippen LogP contribution < -0.4 is 16.4 Å². The minimum absolute atomic E-state index is 0.0116. The van der Waals surface area contributed by atoms with Crippen molar-refractivity contribution in [2.45, 2.75) is 0 Å². The van der Waals surface area contributed by atoms with Gasteiger partial charge >= 0.3 is 0 Å². The van der Waals surface area contributed by atoms with Gasteiger partial charge in [-0.05, 0) is 18.3 Å². The second-order valence-electron chi connectivity index (χ2n) is 3.13. The molecule has 0 amide bonds. The third-order valence-electron chi connectivity index (χ3n) is 1.90. The molecule has 0 radical (unpaired) electrons. The monoisotopic (exact) mass is 256 g/mol. The summed E-state index contributed by atoms with van der Waals surface area (Å²) in [4.78, 5) is 10.1. The van der Waals surface area contributed by atoms with E-state index in [9.17, 15) is 10.1 Å². The van der Waals surface area contributed by atoms with Gasteiger partial charge in [0.2, 0.25) is 0 Å². The summed E-state index contributed by atoms with van der Waals surface area (Å²) in [5, 5.41) is 24.9. The van der Waals surface area contributed by atoms with Crippen LogP contribution in [-0.2, 0) is 0 Å². The molecule has 8 heteroatoms. The second kappa shape index (κ2) is 5.97. The van der Waals surface area contributed by atoms with E-state index < -0.39 is 4.92 Å². The van der Waals surface area contributed by atoms with Crippen molar-refractivity contribution in [3.8, 4) is 0 Å². The highest BCUT2D eigenvalue weighted by molar-refractivity contribution is 7.80. The summed E-state index contributed by atoms with van der Waals surface area (Å²) in [6, 6.07) is 4.19. The average Bonchev–Trinajstić information content (AvgIpc) is 2.26. The molecule has 0 aliphatic heterocycles. The zero-order chi connectivity index (χ0) is 12.8. The first-order chi connectivity index (χ1) is 8.04. The van der Waals surface area contributed by atoms with Crippen molar-refractivity contribution in [2.24, 2.45) is 5.73 Å². The Kier molecular flexibility index (Phi) is 4.61. The number of nitrogens with zero attached hydrogens (tertiary/aromatic N) is 1. The van der Waals surface area contributed by atoms with Gasteiger partial charge in [0, 0.05) is 18.7 Å². The number of aliphatic hydroxyl groups excluding tert-OH is 1. The minimum Gasteiger partial charge on any atom is -0.395 e. The molecule has 0 saturated heterocycles. The fraction of sp³-hybridized carbons (Fsp3) is 0.222. The molecule has 0 saturated carbocycles. The number of benzene rings is 1. The number of nitro benzene ring substituents is 1. The second-order valence-corrected chi connectivity index (χ2v) is 3.57. The number of non-ortho nitro benzene ring substituents is 1. The number of nitrogens with two attached hydrogens (primary N) is 1. The first kappa shape index (κ1) is 13.1. The molecule has 0 aromatic heterocycles. The third kappa shape index (κ3) is 3.85. The van der Waals surface area contributed by atoms with E-state index in [-0.39, 0.29) is 17.4 Å². The van der Waals surface area contributed by atoms with Crippen LogP contribution in [0.5, 0.6) is 0 Å². The van der Waals surface area contributed by atoms with Crippen molar-refractivity contribution in [3.63, 3.8) is 0 Å². The van der Waals surface area contributed by atoms with E-state index in [0.717, 1.165) is 0 Å². The predicted octanol–water partition coefficient (Wildman–Crippen LogP) is 0.654. The molecule has 0 fully saturated rings. The quantitative estimate of drug-likeness (QED) is 0.347. The van der Waals surface area contributed by atoms with E-state index in [1.54, 1.807) is 0 Å². The molecule has 7 nitrogen and oxygen atoms in total. The molecule has 1 aromatic carbocycles. The topological polar surface area (TPSA) is 113 Å². The van der Waals surface area contributed by atoms with Crippen molar-refractivity contribution in [1.29, 1.82) is 0 Å². The SMILES string of the molecule is NC(=S)Nc1cc([N+](=O)[O-])ccc1NCCO. The lowest BCUT2D eigenvalue weighted by molar-refractivity contribution is -0.384. The Hall–Kier alpha value is -1.93. The Morgan fingerprint density at radius 1 is 1.53 bits per heavy atom. The van der Waals surface area contributed by atoms with Crippen LogP contribution in [0, 0.1) is 10.1 Å². The van der Waals surface area contributed by atoms with Crippen molar-refractivity contribution in [2.75, 3.05) is 23.8 Å². The third-order valence-corrected chi connectivity index (χ3v) is 2.00. The Labute approximate surface area is 103 Å². The zero-order valence-electron chi connectivity index (χ0n) is 8.84. The van der Waals surface area contributed by atoms with Gasteiger partial charge in [0.1, 0.15) is 0 Å². The van der Waals surface area contributed by atoms with Crippen molar-refractivity contribution in [3.05, 3.63) is 28.3 Å². The van der Waals surface area contributed by atoms with Crippen molar-refractivity contribution in [1.82, 2.24) is 0 Å². The first-order valence-corrected chi connectivity index (χ1v) is 5.15. The largest absolute Gasteiger partial charge is 0.395 e. The van der Waals surface area contributed by atoms with Crippen LogP contribution in [-0.4, -0.2) is 28.3 Å². The van der Waals surface area contributed by atoms with Crippen molar-refractivity contribution >= 4 is 34.4 Å². The Balaban J connectivity index is 3.02. The predicted molar refractivity (Wildman–Crippen MR) is 69.1 cm³/mol. The maximum Gasteiger partial charge on any atom is 0.271 e. The van der Waals surface area contributed by atoms with Gasteiger partial charge in [0.05, 0.1) is 22.9 Å². The van der Waals surface area contributed by atoms with Crippen LogP contribution >= 0.6 is 12.2 Å². The summed E-state index contributed by atoms with van der Waals surface area (Å²) >= 11 is 4.68. The van der Waals surface area contributed by atoms with Gasteiger partial charge < -0.3 is 21.5 Å². The zero-order valence-corrected chi connectivity index (χ0v) is 9.66. The average molecular weight is 256 g/mol. The number of thiocarbonyl (C=S) groups is 1. The molecule has 0 aliphatic carbocycles. The Bertz CT molecular complexity index is 438. The van der Waals surface area contributed by atoms with Crippen LogP contribution in [0.25, 0.3) is 0 Å². The highest BCUT2D eigenvalue weighted by atomic mass is 32.1. The van der Waals surface area contributed by atoms with E-state index in [0.29, 0.717) is 17.9 Å². The molecule has 1 aromatic rings. The first-order valence-electron chi connectivity index (χ1n) is 4.74. The normalized spacial score (nSPS) is 9.71. The summed E-state index contributed by atoms with van der Waals surface area (Å²) in [6.45, 7) is 0.271. The van der Waals surface area contributed by atoms with E-state index >= 15 is 0 Å². The Morgan fingerprint density at radius 2 is 2.24 bits per heavy atom. The molecule has 0 atom stereocenters. The van der Waals surface area contributed by atoms with E-state index in [1.807, 2.05) is 0 Å². The summed E-state index contributed by atoms with van der Waals surface area (Å²) < 4.78 is 0. The van der Waals surface area contributed by atoms with Crippen LogP contribution in [0.3, 0.4) is 0 Å². The molecule has 0 unspecified atom stereocenters. The molecular formula is C9H12N4O3S. The number of rotatable bonds is 5. The number of aliphatic hydroxyl groups is 1. The van der Waals surface area contributed by atoms with Gasteiger partial charge in [-0.1, -0.05) is 0 Å². The molecule has 1 rings (SSSR count). The fourth-order valence-electron chi connectivity index (χ4n) is 1.23. The lowest BCUT2D eigenvalue weighted by atomic mass is 10.2. The lowest BCUT2D eigenvalue weighted by Crippen LogP contribution is -2.20. The smallest absolute Gasteiger partial charge is 0.271 e. The van der Waals surface area contributed by atoms with E-state index in [4.69, 9.17) is 10.8 Å². The van der Waals surface area contributed by atoms with Crippen LogP contribution in [0.1, 0.15) is 0 Å². The molecule has 17 heavy (non-hydrogen) atoms. The molecule has 5 N–H and O–H groups in total. The molecular weight excluding hydrogens is 244 g/mol. The number of nitrogens with one attached hydrogen (secondary N) is 2. The Morgan fingerprint density at radius 3 is 2.76 bits per heavy atom. The van der Waals surface area contributed by atoms with E-state index in [1.165, 1.54) is 18.2 Å². The van der Waals surface area contributed by atoms with Crippen LogP contribution in [0.15, 0.2) is 18.2 Å². The highest BCUT2D eigenvalue weighted by Crippen LogP contribution is 2.26. The maximum absolute atomic E-state index is 10.6. The van der Waals surface area contributed by atoms with Gasteiger partial charge in [0.25, 0.3) is 5.69 Å². The maximum atomic E-state index is 10.6. The number of hydrogen-bond acceptors (Lipinski definition) is 5. The summed E-state index contributed by atoms with van der Waals surface area (Å²) in [6.07, 6.45) is 0. The lowest BCUT2D eigenvalue weighted by Gasteiger charge is -2.11. The van der Waals surface area contributed by atoms with Gasteiger partial charge in [-0.3, -0.25) is 10.1 Å². The molecule has 0 aliphatic rings. The van der Waals surface area contributed by atoms with Gasteiger partial charge in [-0.15, -0.1) is 0 Å². The number of anilines is 2. The summed E-state index contributed by atoms with van der Waals surface area (Å²) in [7, 11) is 0. The number of hydrogen-bond donors (Lipinski definition) is 4. The van der Waals surface area contributed by atoms with Gasteiger partial charge in [-0.2, -0.15) is 0 Å². The van der Waals surface area contributed by atoms with Gasteiger partial charge in [-0.25, -0.2) is 0 Å². The van der Waals surface area contributed by atoms with Gasteiger partial charge in [0.15, 0.2) is 5.11 Å².